The van der Waals surface area contributed by atoms with E-state index in [-0.39, 0.29) is 104 Å². The van der Waals surface area contributed by atoms with Gasteiger partial charge < -0.3 is 122 Å². The summed E-state index contributed by atoms with van der Waals surface area (Å²) in [5.41, 5.74) is 13.2. The summed E-state index contributed by atoms with van der Waals surface area (Å²) in [5, 5.41) is 49.9. The maximum atomic E-state index is 15.2. The second kappa shape index (κ2) is 41.4. The Labute approximate surface area is 821 Å². The number of pyridine rings is 4. The van der Waals surface area contributed by atoms with Crippen LogP contribution in [0.15, 0.2) is 140 Å². The van der Waals surface area contributed by atoms with Crippen molar-refractivity contribution in [2.75, 3.05) is 135 Å². The summed E-state index contributed by atoms with van der Waals surface area (Å²) in [5.74, 6) is -3.30. The number of hydrogen-bond acceptors (Lipinski definition) is 25. The molecular formula is C102H105Cl3F4N12O20. The minimum Gasteiger partial charge on any atom is -0.481 e. The summed E-state index contributed by atoms with van der Waals surface area (Å²) in [7, 11) is 0. The molecule has 9 fully saturated rings. The van der Waals surface area contributed by atoms with Crippen molar-refractivity contribution in [2.45, 2.75) is 139 Å². The van der Waals surface area contributed by atoms with E-state index in [2.05, 4.69) is 72.3 Å². The van der Waals surface area contributed by atoms with Gasteiger partial charge in [-0.2, -0.15) is 4.39 Å². The average molecular weight is 2000 g/mol. The Kier molecular flexibility index (Phi) is 28.5. The number of halogens is 7. The molecule has 141 heavy (non-hydrogen) atoms. The molecule has 2 amide bonds. The fraction of sp³-hybridized carbons (Fsp3) is 0.422. The van der Waals surface area contributed by atoms with E-state index >= 15 is 4.39 Å². The zero-order chi connectivity index (χ0) is 97.8. The minimum atomic E-state index is -1.03. The van der Waals surface area contributed by atoms with Crippen LogP contribution in [0.3, 0.4) is 0 Å². The van der Waals surface area contributed by atoms with Crippen molar-refractivity contribution in [3.63, 3.8) is 0 Å². The maximum absolute atomic E-state index is 15.2. The number of nitrogens with one attached hydrogen (secondary N) is 4. The van der Waals surface area contributed by atoms with Gasteiger partial charge in [0.1, 0.15) is 90.5 Å². The summed E-state index contributed by atoms with van der Waals surface area (Å²) in [6.07, 6.45) is 3.32. The molecule has 39 heteroatoms. The molecule has 0 unspecified atom stereocenters. The number of fused-ring (bicyclic) bond motifs is 7. The first-order chi connectivity index (χ1) is 68.2. The number of amides is 2. The summed E-state index contributed by atoms with van der Waals surface area (Å²) >= 11 is 19.8. The van der Waals surface area contributed by atoms with Crippen LogP contribution in [0.25, 0.3) is 100 Å². The summed E-state index contributed by atoms with van der Waals surface area (Å²) in [4.78, 5) is 73.0. The fourth-order valence-electron chi connectivity index (χ4n) is 20.1. The third-order valence-electron chi connectivity index (χ3n) is 28.1. The molecule has 12 aromatic rings. The highest BCUT2D eigenvalue weighted by Crippen LogP contribution is 2.45. The monoisotopic (exact) mass is 2000 g/mol. The summed E-state index contributed by atoms with van der Waals surface area (Å²) in [6, 6.07) is 38.9. The van der Waals surface area contributed by atoms with Crippen LogP contribution in [0, 0.1) is 34.6 Å². The lowest BCUT2D eigenvalue weighted by Crippen LogP contribution is -2.37. The molecule has 18 heterocycles. The normalized spacial score (nSPS) is 24.9. The van der Waals surface area contributed by atoms with E-state index in [9.17, 15) is 48.0 Å². The van der Waals surface area contributed by atoms with E-state index in [1.807, 2.05) is 97.6 Å². The van der Waals surface area contributed by atoms with E-state index in [1.165, 1.54) is 16.8 Å². The van der Waals surface area contributed by atoms with E-state index in [0.717, 1.165) is 156 Å². The largest absolute Gasteiger partial charge is 0.481 e. The Bertz CT molecular complexity index is 6670. The first kappa shape index (κ1) is 96.9. The lowest BCUT2D eigenvalue weighted by molar-refractivity contribution is -0.151. The third kappa shape index (κ3) is 20.5. The molecular weight excluding hydrogens is 1900 g/mol. The number of aliphatic hydroxyl groups is 4. The van der Waals surface area contributed by atoms with Gasteiger partial charge in [-0.15, -0.1) is 0 Å². The predicted molar refractivity (Wildman–Crippen MR) is 516 cm³/mol. The van der Waals surface area contributed by atoms with Crippen molar-refractivity contribution in [1.29, 1.82) is 0 Å². The molecule has 742 valence electrons. The standard InChI is InChI=1S/C27H32ClN3O4.C26H26ClN3O6.C26H26ClN3O5.C23H21F4N3O5/c1-27(2,26(32)33)18-5-9-20(10-6-18)35-24-16-23-22(29-24)15-21(28)25(30-23)17-3-7-19(8-4-17)31-11-13-34-14-12-31;27-17-9-18-19(10-22(28-18)36-21-13-35-25-20(32)12-34-26(21)25)29-24(17)16-3-1-14(2-4-16)15-5-7-30(8-6-15)23(33)11-31;1-14(31)30-8-6-16(7-9-30)15-2-4-17(5-3-15)24-18(27)10-19-20(29-24)11-23(28-19)35-22-13-34-25-21(32)12-33-26(22)25;24-11-5-10(30-1-3-32-4-2-30)6-12(25)17(11)19-13(26)7-14-20(29-19)18(27)23(28-14)35-16-9-34-21-15(31)8-33-22(16)21/h3-4,7-8,15-16,18,20,29H,5-6,9-14H2,1-2H3,(H,32,33);1-5,9-10,20-21,25-26,28,31-32H,6-8,11-13H2;2-6,10-11,21-22,25-26,28,32H,7-9,12-13H2,1H3;5-7,15-16,21-22,28,31H,1-4,8-9H2/t;20-,21-,25-,26-;21-,22-,25-,26-;15-,16-,21-,22-/m.111/s1. The zero-order valence-electron chi connectivity index (χ0n) is 77.1. The number of aromatic nitrogens is 8. The van der Waals surface area contributed by atoms with Gasteiger partial charge in [-0.05, 0) is 123 Å². The number of carbonyl (C=O) groups is 3. The Morgan fingerprint density at radius 2 is 0.858 bits per heavy atom. The lowest BCUT2D eigenvalue weighted by Gasteiger charge is -2.36. The molecule has 8 saturated heterocycles. The van der Waals surface area contributed by atoms with Crippen molar-refractivity contribution < 1.29 is 114 Å². The van der Waals surface area contributed by atoms with Crippen LogP contribution < -0.4 is 28.7 Å². The van der Waals surface area contributed by atoms with Crippen LogP contribution in [0.2, 0.25) is 15.1 Å². The van der Waals surface area contributed by atoms with Crippen molar-refractivity contribution >= 4 is 119 Å². The fourth-order valence-corrected chi connectivity index (χ4v) is 20.9. The molecule has 4 aromatic carbocycles. The summed E-state index contributed by atoms with van der Waals surface area (Å²) in [6.45, 7) is 13.7. The van der Waals surface area contributed by atoms with Gasteiger partial charge in [0.05, 0.1) is 148 Å². The second-order valence-corrected chi connectivity index (χ2v) is 38.5. The molecule has 0 bridgehead atoms. The van der Waals surface area contributed by atoms with Crippen LogP contribution >= 0.6 is 34.8 Å². The number of carbonyl (C=O) groups excluding carboxylic acids is 2. The number of aliphatic carboxylic acids is 1. The third-order valence-corrected chi connectivity index (χ3v) is 29.0. The van der Waals surface area contributed by atoms with E-state index in [4.69, 9.17) is 112 Å². The quantitative estimate of drug-likeness (QED) is 0.0340. The summed E-state index contributed by atoms with van der Waals surface area (Å²) < 4.78 is 128. The molecule has 1 saturated carbocycles. The zero-order valence-corrected chi connectivity index (χ0v) is 79.4. The SMILES string of the molecule is CC(=O)N1CC=C(c2ccc(-c3nc4cc(O[C@@H]5CO[C@H]6[C@@H]5OC[C@H]6O)[nH]c4cc3Cl)cc2)CC1.CC(C)(C(=O)O)C1CCC(Oc2cc3nc(-c4ccc(N5CCOCC5)cc4)c(Cl)cc3[nH]2)CC1.O=C(CO)N1CC=C(c2ccc(-c3nc4cc(O[C@@H]5CO[C@H]6[C@@H]5OC[C@H]6O)[nH]c4cc3Cl)cc2)CC1.O[C@@H]1CO[C@H]2[C@@H]1OC[C@H]2Oc1[nH]c2cc(F)c(-c3c(F)cc(N4CCOCC4)cc3F)nc2c1F. The molecule has 0 spiro atoms. The highest BCUT2D eigenvalue weighted by atomic mass is 35.5. The number of carboxylic acids is 1. The van der Waals surface area contributed by atoms with Crippen LogP contribution in [-0.2, 0) is 52.3 Å². The van der Waals surface area contributed by atoms with Crippen LogP contribution in [-0.4, -0.2) is 297 Å². The molecule has 0 radical (unpaired) electrons. The number of carboxylic acid groups (broad SMARTS) is 1. The molecule has 1 aliphatic carbocycles. The van der Waals surface area contributed by atoms with Gasteiger partial charge in [0.15, 0.2) is 41.8 Å². The Hall–Kier alpha value is -11.6. The molecule has 23 rings (SSSR count). The topological polar surface area (TPSA) is 391 Å². The number of aromatic amines is 4. The van der Waals surface area contributed by atoms with Gasteiger partial charge in [0.2, 0.25) is 23.5 Å². The molecule has 32 nitrogen and oxygen atoms in total. The van der Waals surface area contributed by atoms with E-state index in [0.29, 0.717) is 109 Å². The van der Waals surface area contributed by atoms with Gasteiger partial charge in [0.25, 0.3) is 0 Å². The van der Waals surface area contributed by atoms with Gasteiger partial charge >= 0.3 is 5.97 Å². The first-order valence-electron chi connectivity index (χ1n) is 47.3. The van der Waals surface area contributed by atoms with Crippen LogP contribution in [0.5, 0.6) is 23.5 Å². The van der Waals surface area contributed by atoms with Gasteiger partial charge in [-0.25, -0.2) is 33.1 Å². The first-order valence-corrected chi connectivity index (χ1v) is 48.4. The molecule has 9 N–H and O–H groups in total. The molecule has 11 aliphatic rings. The van der Waals surface area contributed by atoms with Crippen LogP contribution in [0.1, 0.15) is 70.4 Å². The van der Waals surface area contributed by atoms with Crippen molar-refractivity contribution in [1.82, 2.24) is 49.7 Å². The van der Waals surface area contributed by atoms with Gasteiger partial charge in [-0.1, -0.05) is 108 Å². The van der Waals surface area contributed by atoms with Gasteiger partial charge in [-0.3, -0.25) is 14.4 Å². The van der Waals surface area contributed by atoms with Gasteiger partial charge in [0, 0.05) is 112 Å². The lowest BCUT2D eigenvalue weighted by atomic mass is 9.70. The number of H-pyrrole nitrogens is 4. The number of aliphatic hydroxyl groups excluding tert-OH is 4. The predicted octanol–water partition coefficient (Wildman–Crippen LogP) is 14.1. The Morgan fingerprint density at radius 1 is 0.454 bits per heavy atom. The Morgan fingerprint density at radius 3 is 1.28 bits per heavy atom. The number of benzene rings is 4. The Balaban J connectivity index is 0.000000115. The highest BCUT2D eigenvalue weighted by molar-refractivity contribution is 6.34. The number of morpholine rings is 2. The highest BCUT2D eigenvalue weighted by Gasteiger charge is 2.52. The molecule has 8 aromatic heterocycles. The minimum absolute atomic E-state index is 0.0488. The number of ether oxygens (including phenoxy) is 12. The average Bonchev–Trinajstić information content (AvgIpc) is 1.68. The molecule has 10 aliphatic heterocycles. The second-order valence-electron chi connectivity index (χ2n) is 37.3. The maximum Gasteiger partial charge on any atom is 0.309 e. The number of anilines is 2. The van der Waals surface area contributed by atoms with Crippen molar-refractivity contribution in [3.8, 4) is 68.5 Å². The smallest absolute Gasteiger partial charge is 0.309 e. The number of nitrogens with zero attached hydrogens (tertiary/aromatic N) is 8. The van der Waals surface area contributed by atoms with Crippen molar-refractivity contribution in [3.05, 3.63) is 189 Å². The van der Waals surface area contributed by atoms with E-state index < -0.39 is 89.1 Å². The van der Waals surface area contributed by atoms with Crippen molar-refractivity contribution in [2.24, 2.45) is 11.3 Å². The molecule has 12 atom stereocenters. The number of rotatable bonds is 19. The van der Waals surface area contributed by atoms with Crippen LogP contribution in [0.4, 0.5) is 28.9 Å². The van der Waals surface area contributed by atoms with E-state index in [1.54, 1.807) is 16.7 Å². The number of hydrogen-bond donors (Lipinski definition) is 9.